The lowest BCUT2D eigenvalue weighted by atomic mass is 10.0. The van der Waals surface area contributed by atoms with Gasteiger partial charge < -0.3 is 44.2 Å². The fraction of sp³-hybridized carbons (Fsp3) is 0.273. The van der Waals surface area contributed by atoms with Crippen LogP contribution >= 0.6 is 0 Å². The molecule has 11 nitrogen and oxygen atoms in total. The molecule has 11 heteroatoms. The fourth-order valence-electron chi connectivity index (χ4n) is 3.51. The Morgan fingerprint density at radius 1 is 1.03 bits per heavy atom. The maximum Gasteiger partial charge on any atom is 0.337 e. The summed E-state index contributed by atoms with van der Waals surface area (Å²) in [7, 11) is 1.10. The molecule has 0 spiro atoms. The van der Waals surface area contributed by atoms with E-state index in [4.69, 9.17) is 13.9 Å². The van der Waals surface area contributed by atoms with Gasteiger partial charge in [0.2, 0.25) is 6.29 Å². The third-order valence-corrected chi connectivity index (χ3v) is 5.18. The molecule has 1 fully saturated rings. The third-order valence-electron chi connectivity index (χ3n) is 5.18. The first kappa shape index (κ1) is 22.4. The predicted octanol–water partition coefficient (Wildman–Crippen LogP) is 0.965. The van der Waals surface area contributed by atoms with Crippen molar-refractivity contribution in [2.24, 2.45) is 0 Å². The Kier molecular flexibility index (Phi) is 5.85. The van der Waals surface area contributed by atoms with Gasteiger partial charge in [-0.1, -0.05) is 0 Å². The number of benzene rings is 2. The maximum atomic E-state index is 12.6. The Labute approximate surface area is 185 Å². The average Bonchev–Trinajstić information content (AvgIpc) is 2.76. The number of carbonyl (C=O) groups is 1. The number of aromatic hydroxyl groups is 3. The van der Waals surface area contributed by atoms with E-state index in [1.807, 2.05) is 0 Å². The highest BCUT2D eigenvalue weighted by atomic mass is 16.7. The molecule has 4 rings (SSSR count). The van der Waals surface area contributed by atoms with Crippen LogP contribution in [0.3, 0.4) is 0 Å². The summed E-state index contributed by atoms with van der Waals surface area (Å²) in [5, 5.41) is 49.4. The van der Waals surface area contributed by atoms with Crippen LogP contribution in [0.4, 0.5) is 0 Å². The predicted molar refractivity (Wildman–Crippen MR) is 111 cm³/mol. The molecule has 0 bridgehead atoms. The van der Waals surface area contributed by atoms with Crippen LogP contribution in [0.5, 0.6) is 23.0 Å². The minimum Gasteiger partial charge on any atom is -0.507 e. The van der Waals surface area contributed by atoms with E-state index in [0.717, 1.165) is 19.2 Å². The minimum atomic E-state index is -1.51. The Morgan fingerprint density at radius 3 is 2.48 bits per heavy atom. The van der Waals surface area contributed by atoms with Gasteiger partial charge in [-0.3, -0.25) is 4.79 Å². The lowest BCUT2D eigenvalue weighted by Gasteiger charge is -2.35. The standard InChI is InChI=1S/C22H20O11/c1-30-22(29)21-20(28)15(27)8-18(33-21)31-10-5-13(25)19-14(26)7-16(32-17(19)6-10)9-2-3-11(23)12(24)4-9/h2-7,15,18,20-21,23-25,27-28H,8H2,1H3/t15-,18-,20+,21+/m1/s1. The molecule has 1 aliphatic heterocycles. The van der Waals surface area contributed by atoms with Crippen molar-refractivity contribution >= 4 is 16.9 Å². The summed E-state index contributed by atoms with van der Waals surface area (Å²) in [5.74, 6) is -2.06. The topological polar surface area (TPSA) is 176 Å². The molecular formula is C22H20O11. The van der Waals surface area contributed by atoms with Crippen molar-refractivity contribution in [3.05, 3.63) is 46.6 Å². The van der Waals surface area contributed by atoms with E-state index in [1.54, 1.807) is 0 Å². The van der Waals surface area contributed by atoms with Crippen LogP contribution in [0.1, 0.15) is 6.42 Å². The van der Waals surface area contributed by atoms with Crippen molar-refractivity contribution < 1.29 is 49.0 Å². The van der Waals surface area contributed by atoms with Gasteiger partial charge in [-0.05, 0) is 18.2 Å². The third kappa shape index (κ3) is 4.29. The van der Waals surface area contributed by atoms with Gasteiger partial charge in [0.25, 0.3) is 0 Å². The summed E-state index contributed by atoms with van der Waals surface area (Å²) in [6.45, 7) is 0. The number of aliphatic hydroxyl groups is 2. The zero-order chi connectivity index (χ0) is 23.9. The first-order valence-electron chi connectivity index (χ1n) is 9.77. The number of aliphatic hydroxyl groups excluding tert-OH is 2. The number of methoxy groups -OCH3 is 1. The van der Waals surface area contributed by atoms with Crippen LogP contribution in [-0.4, -0.2) is 63.2 Å². The Balaban J connectivity index is 1.68. The Morgan fingerprint density at radius 2 is 1.79 bits per heavy atom. The van der Waals surface area contributed by atoms with E-state index < -0.39 is 47.5 Å². The molecule has 1 aromatic heterocycles. The van der Waals surface area contributed by atoms with Gasteiger partial charge in [0.15, 0.2) is 23.0 Å². The summed E-state index contributed by atoms with van der Waals surface area (Å²) < 4.78 is 21.3. The number of phenolic OH excluding ortho intramolecular Hbond substituents is 3. The average molecular weight is 460 g/mol. The van der Waals surface area contributed by atoms with Crippen LogP contribution in [0.2, 0.25) is 0 Å². The molecule has 2 aromatic carbocycles. The van der Waals surface area contributed by atoms with Crippen LogP contribution < -0.4 is 10.2 Å². The highest BCUT2D eigenvalue weighted by Gasteiger charge is 2.42. The van der Waals surface area contributed by atoms with Gasteiger partial charge >= 0.3 is 5.97 Å². The molecule has 1 saturated heterocycles. The van der Waals surface area contributed by atoms with E-state index in [0.29, 0.717) is 5.56 Å². The summed E-state index contributed by atoms with van der Waals surface area (Å²) in [5.41, 5.74) is -0.328. The first-order valence-corrected chi connectivity index (χ1v) is 9.77. The first-order chi connectivity index (χ1) is 15.7. The van der Waals surface area contributed by atoms with Gasteiger partial charge in [-0.15, -0.1) is 0 Å². The monoisotopic (exact) mass is 460 g/mol. The molecule has 4 atom stereocenters. The maximum absolute atomic E-state index is 12.6. The number of fused-ring (bicyclic) bond motifs is 1. The number of rotatable bonds is 4. The fourth-order valence-corrected chi connectivity index (χ4v) is 3.51. The van der Waals surface area contributed by atoms with Gasteiger partial charge in [0.05, 0.1) is 13.2 Å². The largest absolute Gasteiger partial charge is 0.507 e. The molecule has 0 aliphatic carbocycles. The smallest absolute Gasteiger partial charge is 0.337 e. The molecule has 5 N–H and O–H groups in total. The molecule has 174 valence electrons. The van der Waals surface area contributed by atoms with Crippen LogP contribution in [0.25, 0.3) is 22.3 Å². The van der Waals surface area contributed by atoms with Crippen LogP contribution in [0, 0.1) is 0 Å². The molecular weight excluding hydrogens is 440 g/mol. The molecule has 3 aromatic rings. The van der Waals surface area contributed by atoms with E-state index in [9.17, 15) is 35.1 Å². The Hall–Kier alpha value is -3.80. The molecule has 0 unspecified atom stereocenters. The van der Waals surface area contributed by atoms with E-state index in [2.05, 4.69) is 4.74 Å². The molecule has 2 heterocycles. The van der Waals surface area contributed by atoms with Gasteiger partial charge in [-0.25, -0.2) is 4.79 Å². The quantitative estimate of drug-likeness (QED) is 0.277. The lowest BCUT2D eigenvalue weighted by Crippen LogP contribution is -2.53. The van der Waals surface area contributed by atoms with E-state index >= 15 is 0 Å². The van der Waals surface area contributed by atoms with E-state index in [-0.39, 0.29) is 34.6 Å². The van der Waals surface area contributed by atoms with Crippen LogP contribution in [-0.2, 0) is 14.3 Å². The van der Waals surface area contributed by atoms with Crippen molar-refractivity contribution in [1.29, 1.82) is 0 Å². The zero-order valence-electron chi connectivity index (χ0n) is 17.2. The van der Waals surface area contributed by atoms with Crippen LogP contribution in [0.15, 0.2) is 45.6 Å². The van der Waals surface area contributed by atoms with Crippen molar-refractivity contribution in [2.45, 2.75) is 31.0 Å². The van der Waals surface area contributed by atoms with Gasteiger partial charge in [0.1, 0.15) is 34.3 Å². The number of phenols is 3. The highest BCUT2D eigenvalue weighted by molar-refractivity contribution is 5.86. The van der Waals surface area contributed by atoms with Gasteiger partial charge in [0, 0.05) is 30.2 Å². The Bertz CT molecular complexity index is 1270. The molecule has 0 amide bonds. The number of carbonyl (C=O) groups excluding carboxylic acids is 1. The summed E-state index contributed by atoms with van der Waals surface area (Å²) in [6.07, 6.45) is -5.71. The number of ether oxygens (including phenoxy) is 3. The zero-order valence-corrected chi connectivity index (χ0v) is 17.2. The second-order valence-electron chi connectivity index (χ2n) is 7.41. The van der Waals surface area contributed by atoms with Gasteiger partial charge in [-0.2, -0.15) is 0 Å². The SMILES string of the molecule is COC(=O)[C@H]1O[C@@H](Oc2cc(O)c3c(=O)cc(-c4ccc(O)c(O)c4)oc3c2)C[C@@H](O)[C@@H]1O. The summed E-state index contributed by atoms with van der Waals surface area (Å²) in [6, 6.07) is 7.42. The number of hydrogen-bond donors (Lipinski definition) is 5. The summed E-state index contributed by atoms with van der Waals surface area (Å²) in [4.78, 5) is 24.4. The normalized spacial score (nSPS) is 22.8. The number of hydrogen-bond acceptors (Lipinski definition) is 11. The van der Waals surface area contributed by atoms with Crippen molar-refractivity contribution in [2.75, 3.05) is 7.11 Å². The second-order valence-corrected chi connectivity index (χ2v) is 7.41. The van der Waals surface area contributed by atoms with Crippen molar-refractivity contribution in [3.8, 4) is 34.3 Å². The molecule has 1 aliphatic rings. The second kappa shape index (κ2) is 8.62. The summed E-state index contributed by atoms with van der Waals surface area (Å²) >= 11 is 0. The number of esters is 1. The highest BCUT2D eigenvalue weighted by Crippen LogP contribution is 2.35. The lowest BCUT2D eigenvalue weighted by molar-refractivity contribution is -0.230. The van der Waals surface area contributed by atoms with E-state index in [1.165, 1.54) is 24.3 Å². The molecule has 0 radical (unpaired) electrons. The van der Waals surface area contributed by atoms with Crippen molar-refractivity contribution in [3.63, 3.8) is 0 Å². The minimum absolute atomic E-state index is 0.00828. The van der Waals surface area contributed by atoms with Crippen molar-refractivity contribution in [1.82, 2.24) is 0 Å². The molecule has 0 saturated carbocycles. The molecule has 33 heavy (non-hydrogen) atoms.